The van der Waals surface area contributed by atoms with E-state index in [0.717, 1.165) is 35.9 Å². The first kappa shape index (κ1) is 20.6. The van der Waals surface area contributed by atoms with Crippen molar-refractivity contribution in [2.45, 2.75) is 29.1 Å². The highest BCUT2D eigenvalue weighted by molar-refractivity contribution is 7.92. The molecule has 7 nitrogen and oxygen atoms in total. The predicted molar refractivity (Wildman–Crippen MR) is 111 cm³/mol. The van der Waals surface area contributed by atoms with Gasteiger partial charge in [-0.25, -0.2) is 21.1 Å². The molecule has 9 heteroatoms. The summed E-state index contributed by atoms with van der Waals surface area (Å²) < 4.78 is 53.7. The van der Waals surface area contributed by atoms with Crippen molar-refractivity contribution < 1.29 is 16.8 Å². The molecule has 0 bridgehead atoms. The van der Waals surface area contributed by atoms with E-state index in [0.29, 0.717) is 5.69 Å². The Balaban J connectivity index is 1.87. The molecular formula is C19H25N3O4S2. The van der Waals surface area contributed by atoms with Crippen molar-refractivity contribution in [3.8, 4) is 0 Å². The maximum Gasteiger partial charge on any atom is 0.261 e. The van der Waals surface area contributed by atoms with Crippen LogP contribution in [0.1, 0.15) is 19.3 Å². The van der Waals surface area contributed by atoms with Crippen molar-refractivity contribution >= 4 is 31.4 Å². The quantitative estimate of drug-likeness (QED) is 0.772. The fraction of sp³-hybridized carbons (Fsp3) is 0.368. The molecule has 3 rings (SSSR count). The van der Waals surface area contributed by atoms with Gasteiger partial charge in [0.25, 0.3) is 10.0 Å². The largest absolute Gasteiger partial charge is 0.370 e. The van der Waals surface area contributed by atoms with E-state index in [1.165, 1.54) is 44.8 Å². The zero-order chi connectivity index (χ0) is 20.4. The normalized spacial score (nSPS) is 15.6. The molecule has 0 radical (unpaired) electrons. The van der Waals surface area contributed by atoms with Crippen LogP contribution >= 0.6 is 0 Å². The first-order chi connectivity index (χ1) is 13.2. The van der Waals surface area contributed by atoms with Crippen LogP contribution in [0, 0.1) is 0 Å². The number of sulfonamides is 2. The van der Waals surface area contributed by atoms with Crippen LogP contribution in [0.5, 0.6) is 0 Å². The predicted octanol–water partition coefficient (Wildman–Crippen LogP) is 2.73. The molecule has 2 aromatic carbocycles. The Morgan fingerprint density at radius 3 is 2.00 bits per heavy atom. The number of nitrogens with one attached hydrogen (secondary N) is 1. The van der Waals surface area contributed by atoms with Crippen LogP contribution < -0.4 is 9.62 Å². The Labute approximate surface area is 167 Å². The molecular weight excluding hydrogens is 398 g/mol. The third-order valence-electron chi connectivity index (χ3n) is 4.76. The molecule has 0 saturated carbocycles. The van der Waals surface area contributed by atoms with Gasteiger partial charge in [-0.2, -0.15) is 0 Å². The van der Waals surface area contributed by atoms with E-state index in [4.69, 9.17) is 0 Å². The number of rotatable bonds is 6. The number of piperidine rings is 1. The lowest BCUT2D eigenvalue weighted by atomic mass is 10.1. The van der Waals surface area contributed by atoms with E-state index in [9.17, 15) is 16.8 Å². The lowest BCUT2D eigenvalue weighted by Gasteiger charge is -2.30. The van der Waals surface area contributed by atoms with Gasteiger partial charge in [-0.15, -0.1) is 0 Å². The summed E-state index contributed by atoms with van der Waals surface area (Å²) in [6, 6.07) is 12.6. The summed E-state index contributed by atoms with van der Waals surface area (Å²) in [6.07, 6.45) is 3.36. The van der Waals surface area contributed by atoms with Gasteiger partial charge in [-0.3, -0.25) is 4.72 Å². The Morgan fingerprint density at radius 2 is 1.39 bits per heavy atom. The molecule has 1 aliphatic heterocycles. The molecule has 0 aliphatic carbocycles. The minimum absolute atomic E-state index is 0.0126. The van der Waals surface area contributed by atoms with Crippen LogP contribution in [0.3, 0.4) is 0 Å². The van der Waals surface area contributed by atoms with Crippen LogP contribution in [0.4, 0.5) is 11.4 Å². The van der Waals surface area contributed by atoms with Crippen molar-refractivity contribution in [2.24, 2.45) is 0 Å². The van der Waals surface area contributed by atoms with E-state index in [2.05, 4.69) is 9.62 Å². The molecule has 1 N–H and O–H groups in total. The smallest absolute Gasteiger partial charge is 0.261 e. The van der Waals surface area contributed by atoms with Crippen LogP contribution in [-0.4, -0.2) is 48.3 Å². The third-order valence-corrected chi connectivity index (χ3v) is 7.97. The van der Waals surface area contributed by atoms with Crippen LogP contribution in [0.2, 0.25) is 0 Å². The van der Waals surface area contributed by atoms with Gasteiger partial charge in [0.15, 0.2) is 0 Å². The molecule has 152 valence electrons. The lowest BCUT2D eigenvalue weighted by molar-refractivity contribution is 0.520. The van der Waals surface area contributed by atoms with Crippen LogP contribution in [-0.2, 0) is 20.0 Å². The Kier molecular flexibility index (Phi) is 5.97. The number of para-hydroxylation sites is 2. The maximum absolute atomic E-state index is 12.8. The SMILES string of the molecule is CN(C)S(=O)(=O)c1ccc(S(=O)(=O)Nc2ccccc2N2CCCCC2)cc1. The summed E-state index contributed by atoms with van der Waals surface area (Å²) in [4.78, 5) is 2.25. The first-order valence-electron chi connectivity index (χ1n) is 9.11. The second kappa shape index (κ2) is 8.10. The molecule has 0 amide bonds. The molecule has 1 aliphatic rings. The number of nitrogens with zero attached hydrogens (tertiary/aromatic N) is 2. The van der Waals surface area contributed by atoms with Gasteiger partial charge in [0.05, 0.1) is 21.2 Å². The number of hydrogen-bond donors (Lipinski definition) is 1. The molecule has 0 spiro atoms. The minimum Gasteiger partial charge on any atom is -0.370 e. The second-order valence-electron chi connectivity index (χ2n) is 6.93. The number of anilines is 2. The molecule has 1 fully saturated rings. The van der Waals surface area contributed by atoms with E-state index in [1.807, 2.05) is 12.1 Å². The standard InChI is InChI=1S/C19H25N3O4S2/c1-21(2)28(25,26)17-12-10-16(11-13-17)27(23,24)20-18-8-4-5-9-19(18)22-14-6-3-7-15-22/h4-5,8-13,20H,3,6-7,14-15H2,1-2H3. The molecule has 1 heterocycles. The van der Waals surface area contributed by atoms with Gasteiger partial charge >= 0.3 is 0 Å². The number of benzene rings is 2. The summed E-state index contributed by atoms with van der Waals surface area (Å²) in [7, 11) is -4.59. The summed E-state index contributed by atoms with van der Waals surface area (Å²) in [5.41, 5.74) is 1.38. The maximum atomic E-state index is 12.8. The fourth-order valence-corrected chi connectivity index (χ4v) is 5.15. The van der Waals surface area contributed by atoms with Gasteiger partial charge in [-0.05, 0) is 55.7 Å². The zero-order valence-corrected chi connectivity index (χ0v) is 17.6. The molecule has 0 atom stereocenters. The van der Waals surface area contributed by atoms with E-state index in [1.54, 1.807) is 12.1 Å². The van der Waals surface area contributed by atoms with Crippen LogP contribution in [0.15, 0.2) is 58.3 Å². The summed E-state index contributed by atoms with van der Waals surface area (Å²) >= 11 is 0. The van der Waals surface area contributed by atoms with E-state index < -0.39 is 20.0 Å². The summed E-state index contributed by atoms with van der Waals surface area (Å²) in [5, 5.41) is 0. The van der Waals surface area contributed by atoms with Gasteiger partial charge < -0.3 is 4.90 Å². The third kappa shape index (κ3) is 4.31. The van der Waals surface area contributed by atoms with Crippen LogP contribution in [0.25, 0.3) is 0 Å². The highest BCUT2D eigenvalue weighted by Gasteiger charge is 2.22. The topological polar surface area (TPSA) is 86.8 Å². The highest BCUT2D eigenvalue weighted by atomic mass is 32.2. The monoisotopic (exact) mass is 423 g/mol. The average molecular weight is 424 g/mol. The number of hydrogen-bond acceptors (Lipinski definition) is 5. The zero-order valence-electron chi connectivity index (χ0n) is 16.0. The first-order valence-corrected chi connectivity index (χ1v) is 12.0. The molecule has 1 saturated heterocycles. The van der Waals surface area contributed by atoms with E-state index >= 15 is 0 Å². The molecule has 2 aromatic rings. The lowest BCUT2D eigenvalue weighted by Crippen LogP contribution is -2.30. The highest BCUT2D eigenvalue weighted by Crippen LogP contribution is 2.30. The Morgan fingerprint density at radius 1 is 0.821 bits per heavy atom. The van der Waals surface area contributed by atoms with Crippen molar-refractivity contribution in [3.05, 3.63) is 48.5 Å². The van der Waals surface area contributed by atoms with Crippen molar-refractivity contribution in [2.75, 3.05) is 36.8 Å². The Bertz CT molecular complexity index is 1030. The van der Waals surface area contributed by atoms with Crippen molar-refractivity contribution in [1.82, 2.24) is 4.31 Å². The van der Waals surface area contributed by atoms with Crippen molar-refractivity contribution in [3.63, 3.8) is 0 Å². The minimum atomic E-state index is -3.84. The van der Waals surface area contributed by atoms with E-state index in [-0.39, 0.29) is 9.79 Å². The Hall–Kier alpha value is -2.10. The van der Waals surface area contributed by atoms with Gasteiger partial charge in [0.2, 0.25) is 10.0 Å². The summed E-state index contributed by atoms with van der Waals surface area (Å²) in [5.74, 6) is 0. The second-order valence-corrected chi connectivity index (χ2v) is 10.8. The van der Waals surface area contributed by atoms with Gasteiger partial charge in [0, 0.05) is 27.2 Å². The van der Waals surface area contributed by atoms with Gasteiger partial charge in [-0.1, -0.05) is 12.1 Å². The molecule has 0 unspecified atom stereocenters. The van der Waals surface area contributed by atoms with Crippen molar-refractivity contribution in [1.29, 1.82) is 0 Å². The average Bonchev–Trinajstić information content (AvgIpc) is 2.69. The molecule has 28 heavy (non-hydrogen) atoms. The summed E-state index contributed by atoms with van der Waals surface area (Å²) in [6.45, 7) is 1.80. The molecule has 0 aromatic heterocycles. The van der Waals surface area contributed by atoms with Gasteiger partial charge in [0.1, 0.15) is 0 Å². The fourth-order valence-electron chi connectivity index (χ4n) is 3.18.